The summed E-state index contributed by atoms with van der Waals surface area (Å²) in [4.78, 5) is 12.9. The fourth-order valence-electron chi connectivity index (χ4n) is 5.90. The Morgan fingerprint density at radius 1 is 0.660 bits per heavy atom. The van der Waals surface area contributed by atoms with E-state index >= 15 is 0 Å². The summed E-state index contributed by atoms with van der Waals surface area (Å²) < 4.78 is 11.1. The van der Waals surface area contributed by atoms with Crippen LogP contribution in [0.5, 0.6) is 0 Å². The molecule has 304 valence electrons. The van der Waals surface area contributed by atoms with Crippen LogP contribution in [0.15, 0.2) is 72.9 Å². The number of hydrogen-bond acceptors (Lipinski definition) is 8. The molecule has 0 saturated carbocycles. The molecular weight excluding hydrogens is 670 g/mol. The van der Waals surface area contributed by atoms with E-state index in [9.17, 15) is 30.3 Å². The maximum absolute atomic E-state index is 12.9. The minimum atomic E-state index is -1.58. The monoisotopic (exact) mass is 746 g/mol. The second-order valence-electron chi connectivity index (χ2n) is 14.0. The number of ether oxygens (including phenoxy) is 2. The SMILES string of the molecule is CC/C=C\C/C=C\C/C=C\CCCCCCCC(=O)NC(COC1OC(CO)C(O)C(O)C1O)C(O)/C=C/CC/C=C/CC/C=C/CCCCCCC. The molecule has 1 aliphatic heterocycles. The van der Waals surface area contributed by atoms with Crippen molar-refractivity contribution in [1.29, 1.82) is 0 Å². The van der Waals surface area contributed by atoms with Gasteiger partial charge < -0.3 is 40.3 Å². The molecule has 0 aromatic carbocycles. The highest BCUT2D eigenvalue weighted by Crippen LogP contribution is 2.22. The van der Waals surface area contributed by atoms with E-state index in [2.05, 4.69) is 79.9 Å². The van der Waals surface area contributed by atoms with Crippen molar-refractivity contribution in [2.75, 3.05) is 13.2 Å². The molecule has 9 heteroatoms. The Hall–Kier alpha value is -2.37. The lowest BCUT2D eigenvalue weighted by Gasteiger charge is -2.40. The van der Waals surface area contributed by atoms with E-state index in [1.165, 1.54) is 32.1 Å². The summed E-state index contributed by atoms with van der Waals surface area (Å²) in [7, 11) is 0. The highest BCUT2D eigenvalue weighted by Gasteiger charge is 2.44. The van der Waals surface area contributed by atoms with Crippen molar-refractivity contribution in [3.63, 3.8) is 0 Å². The molecule has 9 nitrogen and oxygen atoms in total. The standard InChI is InChI=1S/C44H75NO8/c1-3-5-7-9-11-13-15-17-19-21-23-25-27-29-31-33-38(47)37(36-52-44-43(51)42(50)41(49)39(35-46)53-44)45-40(48)34-32-30-28-26-24-22-20-18-16-14-12-10-8-6-4-2/h6,8,12,14-15,17-18,20,23,25,31,33,37-39,41-44,46-47,49-51H,3-5,7,9-11,13,16,19,21-22,24,26-30,32,34-36H2,1-2H3,(H,45,48)/b8-6-,14-12-,17-15+,20-18-,25-23+,33-31+. The Morgan fingerprint density at radius 3 is 1.81 bits per heavy atom. The molecule has 0 aromatic rings. The number of hydrogen-bond donors (Lipinski definition) is 6. The number of rotatable bonds is 32. The first-order valence-electron chi connectivity index (χ1n) is 20.7. The summed E-state index contributed by atoms with van der Waals surface area (Å²) in [6.45, 7) is 3.58. The van der Waals surface area contributed by atoms with Gasteiger partial charge >= 0.3 is 0 Å². The first-order valence-corrected chi connectivity index (χ1v) is 20.7. The Kier molecular flexibility index (Phi) is 31.3. The van der Waals surface area contributed by atoms with Crippen LogP contribution >= 0.6 is 0 Å². The number of nitrogens with one attached hydrogen (secondary N) is 1. The summed E-state index contributed by atoms with van der Waals surface area (Å²) in [5.41, 5.74) is 0. The average Bonchev–Trinajstić information content (AvgIpc) is 3.16. The average molecular weight is 746 g/mol. The highest BCUT2D eigenvalue weighted by atomic mass is 16.7. The zero-order valence-electron chi connectivity index (χ0n) is 33.0. The van der Waals surface area contributed by atoms with Crippen LogP contribution in [0.3, 0.4) is 0 Å². The van der Waals surface area contributed by atoms with E-state index in [1.54, 1.807) is 6.08 Å². The summed E-state index contributed by atoms with van der Waals surface area (Å²) >= 11 is 0. The molecule has 1 fully saturated rings. The maximum atomic E-state index is 12.9. The normalized spacial score (nSPS) is 22.4. The zero-order valence-corrected chi connectivity index (χ0v) is 33.0. The zero-order chi connectivity index (χ0) is 38.8. The third-order valence-corrected chi connectivity index (χ3v) is 9.24. The van der Waals surface area contributed by atoms with E-state index in [0.29, 0.717) is 6.42 Å². The van der Waals surface area contributed by atoms with Crippen LogP contribution in [-0.2, 0) is 14.3 Å². The smallest absolute Gasteiger partial charge is 0.220 e. The predicted octanol–water partition coefficient (Wildman–Crippen LogP) is 7.83. The molecule has 1 aliphatic rings. The molecule has 0 bridgehead atoms. The lowest BCUT2D eigenvalue weighted by molar-refractivity contribution is -0.302. The van der Waals surface area contributed by atoms with Gasteiger partial charge in [-0.05, 0) is 77.0 Å². The quantitative estimate of drug-likeness (QED) is 0.0302. The van der Waals surface area contributed by atoms with Gasteiger partial charge in [0.2, 0.25) is 5.91 Å². The van der Waals surface area contributed by atoms with Gasteiger partial charge in [-0.1, -0.05) is 132 Å². The number of amides is 1. The predicted molar refractivity (Wildman–Crippen MR) is 216 cm³/mol. The fourth-order valence-corrected chi connectivity index (χ4v) is 5.90. The minimum absolute atomic E-state index is 0.213. The van der Waals surface area contributed by atoms with Crippen LogP contribution in [0.25, 0.3) is 0 Å². The van der Waals surface area contributed by atoms with Crippen molar-refractivity contribution in [3.05, 3.63) is 72.9 Å². The van der Waals surface area contributed by atoms with Crippen molar-refractivity contribution < 1.29 is 39.8 Å². The highest BCUT2D eigenvalue weighted by molar-refractivity contribution is 5.76. The first kappa shape index (κ1) is 48.6. The van der Waals surface area contributed by atoms with Gasteiger partial charge in [0.25, 0.3) is 0 Å². The van der Waals surface area contributed by atoms with Crippen molar-refractivity contribution in [2.24, 2.45) is 0 Å². The number of aliphatic hydroxyl groups excluding tert-OH is 5. The Balaban J connectivity index is 2.48. The molecule has 0 spiro atoms. The van der Waals surface area contributed by atoms with Gasteiger partial charge in [-0.3, -0.25) is 4.79 Å². The van der Waals surface area contributed by atoms with Crippen LogP contribution in [0.4, 0.5) is 0 Å². The Bertz CT molecular complexity index is 1050. The van der Waals surface area contributed by atoms with Crippen LogP contribution in [0.1, 0.15) is 142 Å². The third-order valence-electron chi connectivity index (χ3n) is 9.24. The largest absolute Gasteiger partial charge is 0.394 e. The topological polar surface area (TPSA) is 149 Å². The van der Waals surface area contributed by atoms with E-state index in [4.69, 9.17) is 9.47 Å². The van der Waals surface area contributed by atoms with Crippen molar-refractivity contribution in [3.8, 4) is 0 Å². The number of aliphatic hydroxyl groups is 5. The Labute approximate surface area is 321 Å². The van der Waals surface area contributed by atoms with Gasteiger partial charge in [0, 0.05) is 6.42 Å². The summed E-state index contributed by atoms with van der Waals surface area (Å²) in [5.74, 6) is -0.213. The van der Waals surface area contributed by atoms with Crippen molar-refractivity contribution >= 4 is 5.91 Å². The molecule has 0 radical (unpaired) electrons. The van der Waals surface area contributed by atoms with Gasteiger partial charge in [0.05, 0.1) is 25.4 Å². The lowest BCUT2D eigenvalue weighted by atomic mass is 9.99. The molecule has 7 unspecified atom stereocenters. The van der Waals surface area contributed by atoms with Crippen LogP contribution < -0.4 is 5.32 Å². The van der Waals surface area contributed by atoms with Gasteiger partial charge in [-0.25, -0.2) is 0 Å². The molecule has 1 saturated heterocycles. The number of allylic oxidation sites excluding steroid dienone is 11. The number of carbonyl (C=O) groups is 1. The molecule has 1 heterocycles. The van der Waals surface area contributed by atoms with Gasteiger partial charge in [0.1, 0.15) is 24.4 Å². The van der Waals surface area contributed by atoms with Crippen LogP contribution in [0.2, 0.25) is 0 Å². The fraction of sp³-hybridized carbons (Fsp3) is 0.705. The molecule has 53 heavy (non-hydrogen) atoms. The molecular formula is C44H75NO8. The molecule has 0 aliphatic carbocycles. The summed E-state index contributed by atoms with van der Waals surface area (Å²) in [6.07, 6.45) is 38.0. The minimum Gasteiger partial charge on any atom is -0.394 e. The van der Waals surface area contributed by atoms with Crippen LogP contribution in [-0.4, -0.2) is 87.5 Å². The molecule has 1 amide bonds. The maximum Gasteiger partial charge on any atom is 0.220 e. The van der Waals surface area contributed by atoms with E-state index in [1.807, 2.05) is 6.08 Å². The van der Waals surface area contributed by atoms with Gasteiger partial charge in [-0.15, -0.1) is 0 Å². The summed E-state index contributed by atoms with van der Waals surface area (Å²) in [5, 5.41) is 54.0. The molecule has 7 atom stereocenters. The van der Waals surface area contributed by atoms with Crippen molar-refractivity contribution in [1.82, 2.24) is 5.32 Å². The second-order valence-corrected chi connectivity index (χ2v) is 14.0. The van der Waals surface area contributed by atoms with Crippen molar-refractivity contribution in [2.45, 2.75) is 185 Å². The lowest BCUT2D eigenvalue weighted by Crippen LogP contribution is -2.60. The summed E-state index contributed by atoms with van der Waals surface area (Å²) in [6, 6.07) is -0.838. The molecule has 0 aromatic heterocycles. The van der Waals surface area contributed by atoms with Crippen LogP contribution in [0, 0.1) is 0 Å². The Morgan fingerprint density at radius 2 is 1.19 bits per heavy atom. The second kappa shape index (κ2) is 34.1. The van der Waals surface area contributed by atoms with Gasteiger partial charge in [-0.2, -0.15) is 0 Å². The third kappa shape index (κ3) is 25.4. The van der Waals surface area contributed by atoms with E-state index in [0.717, 1.165) is 89.9 Å². The van der Waals surface area contributed by atoms with E-state index in [-0.39, 0.29) is 12.5 Å². The van der Waals surface area contributed by atoms with E-state index < -0.39 is 49.5 Å². The number of unbranched alkanes of at least 4 members (excludes halogenated alkanes) is 12. The first-order chi connectivity index (χ1) is 25.8. The number of carbonyl (C=O) groups excluding carboxylic acids is 1. The molecule has 6 N–H and O–H groups in total. The molecule has 1 rings (SSSR count). The van der Waals surface area contributed by atoms with Gasteiger partial charge in [0.15, 0.2) is 6.29 Å².